The van der Waals surface area contributed by atoms with E-state index in [1.165, 1.54) is 20.2 Å². The van der Waals surface area contributed by atoms with Crippen molar-refractivity contribution in [1.29, 1.82) is 0 Å². The highest BCUT2D eigenvalue weighted by molar-refractivity contribution is 8.02. The summed E-state index contributed by atoms with van der Waals surface area (Å²) in [7, 11) is 0. The van der Waals surface area contributed by atoms with Gasteiger partial charge in [0.25, 0.3) is 0 Å². The van der Waals surface area contributed by atoms with Crippen LogP contribution in [0.25, 0.3) is 0 Å². The molecule has 0 aliphatic rings. The van der Waals surface area contributed by atoms with E-state index in [1.807, 2.05) is 11.3 Å². The monoisotopic (exact) mass is 224 g/mol. The second-order valence-corrected chi connectivity index (χ2v) is 5.64. The number of thiophene rings is 1. The summed E-state index contributed by atoms with van der Waals surface area (Å²) < 4.78 is 0. The lowest BCUT2D eigenvalue weighted by molar-refractivity contribution is 1.41. The van der Waals surface area contributed by atoms with E-state index in [-0.39, 0.29) is 0 Å². The maximum atomic E-state index is 2.25. The Hall–Kier alpha value is -0.470. The van der Waals surface area contributed by atoms with Gasteiger partial charge >= 0.3 is 0 Å². The standard InChI is InChI=1S/C12H16S2/c1-5-9(2)6-7-13-12-8-10(3)14-11(12)4/h5-8H,1-4H3. The molecule has 0 aliphatic carbocycles. The molecule has 0 radical (unpaired) electrons. The van der Waals surface area contributed by atoms with E-state index in [0.717, 1.165) is 0 Å². The van der Waals surface area contributed by atoms with Gasteiger partial charge in [-0.15, -0.1) is 11.3 Å². The van der Waals surface area contributed by atoms with Crippen molar-refractivity contribution in [3.05, 3.63) is 39.0 Å². The third-order valence-electron chi connectivity index (χ3n) is 1.98. The van der Waals surface area contributed by atoms with Crippen LogP contribution in [0.1, 0.15) is 23.6 Å². The highest BCUT2D eigenvalue weighted by Crippen LogP contribution is 2.30. The zero-order chi connectivity index (χ0) is 10.6. The number of rotatable bonds is 3. The van der Waals surface area contributed by atoms with Crippen LogP contribution >= 0.6 is 23.1 Å². The predicted molar refractivity (Wildman–Crippen MR) is 68.2 cm³/mol. The molecule has 76 valence electrons. The Morgan fingerprint density at radius 3 is 2.64 bits per heavy atom. The first-order chi connectivity index (χ1) is 6.63. The molecule has 1 aromatic heterocycles. The van der Waals surface area contributed by atoms with E-state index < -0.39 is 0 Å². The van der Waals surface area contributed by atoms with Gasteiger partial charge in [-0.05, 0) is 39.2 Å². The van der Waals surface area contributed by atoms with E-state index in [0.29, 0.717) is 0 Å². The molecule has 0 N–H and O–H groups in total. The van der Waals surface area contributed by atoms with Crippen LogP contribution in [-0.4, -0.2) is 0 Å². The van der Waals surface area contributed by atoms with Crippen LogP contribution < -0.4 is 0 Å². The molecule has 0 bridgehead atoms. The summed E-state index contributed by atoms with van der Waals surface area (Å²) in [6.45, 7) is 8.51. The average molecular weight is 224 g/mol. The number of thioether (sulfide) groups is 1. The lowest BCUT2D eigenvalue weighted by atomic mass is 10.3. The minimum atomic E-state index is 1.31. The average Bonchev–Trinajstić information content (AvgIpc) is 2.45. The highest BCUT2D eigenvalue weighted by Gasteiger charge is 2.00. The van der Waals surface area contributed by atoms with Crippen molar-refractivity contribution in [3.63, 3.8) is 0 Å². The molecule has 0 spiro atoms. The quantitative estimate of drug-likeness (QED) is 0.518. The van der Waals surface area contributed by atoms with Crippen LogP contribution in [0.5, 0.6) is 0 Å². The van der Waals surface area contributed by atoms with Gasteiger partial charge in [0, 0.05) is 14.6 Å². The van der Waals surface area contributed by atoms with Crippen molar-refractivity contribution >= 4 is 23.1 Å². The fraction of sp³-hybridized carbons (Fsp3) is 0.333. The first kappa shape index (κ1) is 11.6. The van der Waals surface area contributed by atoms with Crippen LogP contribution in [0, 0.1) is 13.8 Å². The van der Waals surface area contributed by atoms with Gasteiger partial charge in [-0.25, -0.2) is 0 Å². The van der Waals surface area contributed by atoms with Gasteiger partial charge < -0.3 is 0 Å². The molecule has 1 rings (SSSR count). The minimum absolute atomic E-state index is 1.31. The summed E-state index contributed by atoms with van der Waals surface area (Å²) in [5, 5.41) is 2.16. The molecule has 0 aliphatic heterocycles. The fourth-order valence-electron chi connectivity index (χ4n) is 1.04. The molecule has 0 amide bonds. The van der Waals surface area contributed by atoms with Gasteiger partial charge in [0.05, 0.1) is 0 Å². The Morgan fingerprint density at radius 1 is 1.43 bits per heavy atom. The Morgan fingerprint density at radius 2 is 2.14 bits per heavy atom. The normalized spacial score (nSPS) is 12.7. The Labute approximate surface area is 94.7 Å². The van der Waals surface area contributed by atoms with E-state index in [9.17, 15) is 0 Å². The second-order valence-electron chi connectivity index (χ2n) is 3.23. The van der Waals surface area contributed by atoms with Gasteiger partial charge in [-0.1, -0.05) is 29.5 Å². The van der Waals surface area contributed by atoms with Gasteiger partial charge in [0.15, 0.2) is 0 Å². The molecule has 0 saturated carbocycles. The maximum Gasteiger partial charge on any atom is 0.0255 e. The first-order valence-corrected chi connectivity index (χ1v) is 6.36. The van der Waals surface area contributed by atoms with E-state index in [4.69, 9.17) is 0 Å². The molecule has 1 aromatic rings. The van der Waals surface area contributed by atoms with Crippen LogP contribution in [0.4, 0.5) is 0 Å². The fourth-order valence-corrected chi connectivity index (χ4v) is 3.04. The number of allylic oxidation sites excluding steroid dienone is 3. The summed E-state index contributed by atoms with van der Waals surface area (Å²) in [5.41, 5.74) is 1.31. The van der Waals surface area contributed by atoms with Crippen molar-refractivity contribution in [3.8, 4) is 0 Å². The van der Waals surface area contributed by atoms with Gasteiger partial charge in [0.2, 0.25) is 0 Å². The minimum Gasteiger partial charge on any atom is -0.145 e. The first-order valence-electron chi connectivity index (χ1n) is 4.66. The zero-order valence-corrected chi connectivity index (χ0v) is 10.8. The molecule has 0 atom stereocenters. The molecule has 14 heavy (non-hydrogen) atoms. The Balaban J connectivity index is 2.62. The van der Waals surface area contributed by atoms with Crippen molar-refractivity contribution in [2.24, 2.45) is 0 Å². The van der Waals surface area contributed by atoms with Gasteiger partial charge in [-0.3, -0.25) is 0 Å². The zero-order valence-electron chi connectivity index (χ0n) is 9.13. The lowest BCUT2D eigenvalue weighted by Crippen LogP contribution is -1.66. The third-order valence-corrected chi connectivity index (χ3v) is 4.02. The Kier molecular flexibility index (Phi) is 4.49. The Bertz CT molecular complexity index is 356. The molecule has 0 fully saturated rings. The largest absolute Gasteiger partial charge is 0.145 e. The topological polar surface area (TPSA) is 0 Å². The SMILES string of the molecule is CC=C(C)C=CSc1cc(C)sc1C. The summed E-state index contributed by atoms with van der Waals surface area (Å²) in [4.78, 5) is 4.18. The smallest absolute Gasteiger partial charge is 0.0255 e. The van der Waals surface area contributed by atoms with E-state index >= 15 is 0 Å². The van der Waals surface area contributed by atoms with Crippen molar-refractivity contribution < 1.29 is 0 Å². The van der Waals surface area contributed by atoms with E-state index in [1.54, 1.807) is 11.8 Å². The predicted octanol–water partition coefficient (Wildman–Crippen LogP) is 4.94. The number of hydrogen-bond acceptors (Lipinski definition) is 2. The number of aryl methyl sites for hydroxylation is 2. The summed E-state index contributed by atoms with van der Waals surface area (Å²) in [6, 6.07) is 2.25. The molecule has 1 heterocycles. The third kappa shape index (κ3) is 3.35. The summed E-state index contributed by atoms with van der Waals surface area (Å²) in [5.74, 6) is 0. The molecule has 2 heteroatoms. The lowest BCUT2D eigenvalue weighted by Gasteiger charge is -1.92. The van der Waals surface area contributed by atoms with Crippen LogP contribution in [-0.2, 0) is 0 Å². The van der Waals surface area contributed by atoms with Crippen LogP contribution in [0.2, 0.25) is 0 Å². The van der Waals surface area contributed by atoms with Gasteiger partial charge in [-0.2, -0.15) is 0 Å². The van der Waals surface area contributed by atoms with Gasteiger partial charge in [0.1, 0.15) is 0 Å². The van der Waals surface area contributed by atoms with Crippen LogP contribution in [0.15, 0.2) is 34.1 Å². The molecule has 0 aromatic carbocycles. The number of hydrogen-bond donors (Lipinski definition) is 0. The van der Waals surface area contributed by atoms with Crippen molar-refractivity contribution in [2.45, 2.75) is 32.6 Å². The molecular formula is C12H16S2. The second kappa shape index (κ2) is 5.42. The molecule has 0 unspecified atom stereocenters. The van der Waals surface area contributed by atoms with Crippen LogP contribution in [0.3, 0.4) is 0 Å². The highest BCUT2D eigenvalue weighted by atomic mass is 32.2. The summed E-state index contributed by atoms with van der Waals surface area (Å²) in [6.07, 6.45) is 4.26. The van der Waals surface area contributed by atoms with E-state index in [2.05, 4.69) is 51.3 Å². The maximum absolute atomic E-state index is 2.25. The molecule has 0 saturated heterocycles. The molecular weight excluding hydrogens is 208 g/mol. The molecule has 0 nitrogen and oxygen atoms in total. The van der Waals surface area contributed by atoms with Crippen molar-refractivity contribution in [1.82, 2.24) is 0 Å². The summed E-state index contributed by atoms with van der Waals surface area (Å²) >= 11 is 3.67. The van der Waals surface area contributed by atoms with Crippen molar-refractivity contribution in [2.75, 3.05) is 0 Å².